The van der Waals surface area contributed by atoms with Crippen LogP contribution in [0.2, 0.25) is 0 Å². The number of nitrogens with zero attached hydrogens (tertiary/aromatic N) is 5. The first-order valence-electron chi connectivity index (χ1n) is 8.53. The van der Waals surface area contributed by atoms with E-state index in [1.54, 1.807) is 35.5 Å². The Kier molecular flexibility index (Phi) is 4.28. The van der Waals surface area contributed by atoms with Gasteiger partial charge in [-0.15, -0.1) is 0 Å². The molecule has 1 fully saturated rings. The summed E-state index contributed by atoms with van der Waals surface area (Å²) in [5.74, 6) is 0.838. The molecular weight excluding hydrogens is 350 g/mol. The number of fused-ring (bicyclic) bond motifs is 1. The lowest BCUT2D eigenvalue weighted by atomic mass is 10.2. The van der Waals surface area contributed by atoms with E-state index in [1.807, 2.05) is 18.0 Å². The monoisotopic (exact) mass is 371 g/mol. The zero-order chi connectivity index (χ0) is 18.3. The van der Waals surface area contributed by atoms with E-state index in [0.29, 0.717) is 18.8 Å². The second-order valence-corrected chi connectivity index (χ2v) is 7.41. The Hall–Kier alpha value is -2.61. The molecule has 3 aromatic rings. The fourth-order valence-corrected chi connectivity index (χ4v) is 4.33. The molecule has 4 rings (SSSR count). The maximum atomic E-state index is 12.6. The summed E-state index contributed by atoms with van der Waals surface area (Å²) in [5.41, 5.74) is 2.74. The first-order valence-corrected chi connectivity index (χ1v) is 9.35. The minimum atomic E-state index is 0.0338. The molecule has 2 aromatic heterocycles. The highest BCUT2D eigenvalue weighted by molar-refractivity contribution is 7.22. The summed E-state index contributed by atoms with van der Waals surface area (Å²) in [5, 5.41) is 0.986. The molecular formula is C18H21N5O2S. The van der Waals surface area contributed by atoms with Crippen LogP contribution >= 0.6 is 11.3 Å². The van der Waals surface area contributed by atoms with Gasteiger partial charge in [0.05, 0.1) is 24.3 Å². The van der Waals surface area contributed by atoms with Gasteiger partial charge < -0.3 is 19.1 Å². The van der Waals surface area contributed by atoms with Crippen molar-refractivity contribution in [1.29, 1.82) is 0 Å². The van der Waals surface area contributed by atoms with E-state index < -0.39 is 0 Å². The van der Waals surface area contributed by atoms with Crippen LogP contribution in [0, 0.1) is 6.92 Å². The number of hydrogen-bond acceptors (Lipinski definition) is 6. The second kappa shape index (κ2) is 6.60. The summed E-state index contributed by atoms with van der Waals surface area (Å²) in [7, 11) is 3.51. The lowest BCUT2D eigenvalue weighted by Crippen LogP contribution is -2.49. The summed E-state index contributed by atoms with van der Waals surface area (Å²) in [6.45, 7) is 4.98. The number of hydrogen-bond donors (Lipinski definition) is 0. The molecule has 0 radical (unpaired) electrons. The number of carbonyl (C=O) groups is 1. The zero-order valence-electron chi connectivity index (χ0n) is 15.1. The SMILES string of the molecule is COc1ccc(C)c2sc(N3CCN(C(=O)c4cncn4C)CC3)nc12. The molecule has 0 aliphatic carbocycles. The number of aryl methyl sites for hydroxylation is 2. The third-order valence-corrected chi connectivity index (χ3v) is 6.04. The molecule has 1 amide bonds. The van der Waals surface area contributed by atoms with Crippen LogP contribution in [0.4, 0.5) is 5.13 Å². The molecule has 26 heavy (non-hydrogen) atoms. The molecule has 0 unspecified atom stereocenters. The summed E-state index contributed by atoms with van der Waals surface area (Å²) in [6.07, 6.45) is 3.28. The van der Waals surface area contributed by atoms with E-state index in [4.69, 9.17) is 9.72 Å². The fraction of sp³-hybridized carbons (Fsp3) is 0.389. The van der Waals surface area contributed by atoms with Crippen molar-refractivity contribution in [3.8, 4) is 5.75 Å². The molecule has 8 heteroatoms. The summed E-state index contributed by atoms with van der Waals surface area (Å²) >= 11 is 1.69. The normalized spacial score (nSPS) is 14.9. The van der Waals surface area contributed by atoms with Crippen molar-refractivity contribution in [3.63, 3.8) is 0 Å². The van der Waals surface area contributed by atoms with Crippen LogP contribution in [0.3, 0.4) is 0 Å². The van der Waals surface area contributed by atoms with Gasteiger partial charge in [0.15, 0.2) is 5.13 Å². The molecule has 0 atom stereocenters. The van der Waals surface area contributed by atoms with Crippen molar-refractivity contribution < 1.29 is 9.53 Å². The number of methoxy groups -OCH3 is 1. The van der Waals surface area contributed by atoms with E-state index >= 15 is 0 Å². The molecule has 1 aliphatic rings. The second-order valence-electron chi connectivity index (χ2n) is 6.43. The molecule has 7 nitrogen and oxygen atoms in total. The molecule has 136 valence electrons. The average molecular weight is 371 g/mol. The van der Waals surface area contributed by atoms with Crippen LogP contribution in [0.15, 0.2) is 24.7 Å². The third kappa shape index (κ3) is 2.80. The smallest absolute Gasteiger partial charge is 0.272 e. The topological polar surface area (TPSA) is 63.5 Å². The van der Waals surface area contributed by atoms with Crippen molar-refractivity contribution in [2.45, 2.75) is 6.92 Å². The number of rotatable bonds is 3. The number of amides is 1. The van der Waals surface area contributed by atoms with E-state index in [0.717, 1.165) is 34.2 Å². The van der Waals surface area contributed by atoms with Crippen LogP contribution in [0.25, 0.3) is 10.2 Å². The highest BCUT2D eigenvalue weighted by Crippen LogP contribution is 2.36. The Balaban J connectivity index is 1.52. The average Bonchev–Trinajstić information content (AvgIpc) is 3.29. The summed E-state index contributed by atoms with van der Waals surface area (Å²) in [6, 6.07) is 4.03. The summed E-state index contributed by atoms with van der Waals surface area (Å²) < 4.78 is 8.37. The minimum absolute atomic E-state index is 0.0338. The van der Waals surface area contributed by atoms with Gasteiger partial charge in [0.25, 0.3) is 5.91 Å². The molecule has 0 N–H and O–H groups in total. The quantitative estimate of drug-likeness (QED) is 0.707. The number of carbonyl (C=O) groups excluding carboxylic acids is 1. The standard InChI is InChI=1S/C18H21N5O2S/c1-12-4-5-14(25-3)15-16(12)26-18(20-15)23-8-6-22(7-9-23)17(24)13-10-19-11-21(13)2/h4-5,10-11H,6-9H2,1-3H3. The molecule has 1 aliphatic heterocycles. The Labute approximate surface area is 155 Å². The van der Waals surface area contributed by atoms with E-state index in [-0.39, 0.29) is 5.91 Å². The number of anilines is 1. The number of piperazine rings is 1. The molecule has 0 bridgehead atoms. The van der Waals surface area contributed by atoms with E-state index in [1.165, 1.54) is 5.56 Å². The maximum absolute atomic E-state index is 12.6. The van der Waals surface area contributed by atoms with Gasteiger partial charge in [-0.2, -0.15) is 0 Å². The Morgan fingerprint density at radius 1 is 1.23 bits per heavy atom. The van der Waals surface area contributed by atoms with Crippen LogP contribution in [-0.4, -0.2) is 58.6 Å². The number of imidazole rings is 1. The minimum Gasteiger partial charge on any atom is -0.494 e. The van der Waals surface area contributed by atoms with Gasteiger partial charge in [-0.25, -0.2) is 9.97 Å². The van der Waals surface area contributed by atoms with Crippen molar-refractivity contribution in [2.24, 2.45) is 7.05 Å². The lowest BCUT2D eigenvalue weighted by molar-refractivity contribution is 0.0737. The predicted molar refractivity (Wildman–Crippen MR) is 102 cm³/mol. The van der Waals surface area contributed by atoms with Gasteiger partial charge in [-0.1, -0.05) is 17.4 Å². The van der Waals surface area contributed by atoms with Crippen LogP contribution < -0.4 is 9.64 Å². The number of ether oxygens (including phenoxy) is 1. The lowest BCUT2D eigenvalue weighted by Gasteiger charge is -2.34. The first kappa shape index (κ1) is 16.8. The largest absolute Gasteiger partial charge is 0.494 e. The van der Waals surface area contributed by atoms with Crippen molar-refractivity contribution in [1.82, 2.24) is 19.4 Å². The Bertz CT molecular complexity index is 956. The van der Waals surface area contributed by atoms with Gasteiger partial charge in [-0.3, -0.25) is 4.79 Å². The van der Waals surface area contributed by atoms with Gasteiger partial charge >= 0.3 is 0 Å². The van der Waals surface area contributed by atoms with Crippen LogP contribution in [0.5, 0.6) is 5.75 Å². The van der Waals surface area contributed by atoms with Crippen molar-refractivity contribution in [3.05, 3.63) is 35.9 Å². The third-order valence-electron chi connectivity index (χ3n) is 4.79. The van der Waals surface area contributed by atoms with Crippen LogP contribution in [-0.2, 0) is 7.05 Å². The van der Waals surface area contributed by atoms with Gasteiger partial charge in [-0.05, 0) is 18.6 Å². The molecule has 0 spiro atoms. The molecule has 1 aromatic carbocycles. The van der Waals surface area contributed by atoms with Gasteiger partial charge in [0, 0.05) is 33.2 Å². The first-order chi connectivity index (χ1) is 12.6. The van der Waals surface area contributed by atoms with Gasteiger partial charge in [0.2, 0.25) is 0 Å². The molecule has 1 saturated heterocycles. The Morgan fingerprint density at radius 3 is 2.65 bits per heavy atom. The van der Waals surface area contributed by atoms with E-state index in [9.17, 15) is 4.79 Å². The van der Waals surface area contributed by atoms with E-state index in [2.05, 4.69) is 22.9 Å². The van der Waals surface area contributed by atoms with Gasteiger partial charge in [0.1, 0.15) is 17.0 Å². The molecule has 0 saturated carbocycles. The number of benzene rings is 1. The molecule has 3 heterocycles. The number of thiazole rings is 1. The Morgan fingerprint density at radius 2 is 2.00 bits per heavy atom. The highest BCUT2D eigenvalue weighted by Gasteiger charge is 2.25. The van der Waals surface area contributed by atoms with Crippen LogP contribution in [0.1, 0.15) is 16.1 Å². The zero-order valence-corrected chi connectivity index (χ0v) is 15.9. The van der Waals surface area contributed by atoms with Crippen molar-refractivity contribution >= 4 is 32.6 Å². The van der Waals surface area contributed by atoms with Crippen molar-refractivity contribution in [2.75, 3.05) is 38.2 Å². The maximum Gasteiger partial charge on any atom is 0.272 e. The highest BCUT2D eigenvalue weighted by atomic mass is 32.1. The summed E-state index contributed by atoms with van der Waals surface area (Å²) in [4.78, 5) is 25.6. The number of aromatic nitrogens is 3. The predicted octanol–water partition coefficient (Wildman–Crippen LogP) is 2.31. The fourth-order valence-electron chi connectivity index (χ4n) is 3.22.